The van der Waals surface area contributed by atoms with E-state index in [1.165, 1.54) is 22.9 Å². The van der Waals surface area contributed by atoms with Crippen molar-refractivity contribution >= 4 is 21.9 Å². The summed E-state index contributed by atoms with van der Waals surface area (Å²) in [4.78, 5) is 12.2. The average Bonchev–Trinajstić information content (AvgIpc) is 3.51. The molecule has 1 fully saturated rings. The molecule has 0 bridgehead atoms. The molecule has 1 aromatic carbocycles. The van der Waals surface area contributed by atoms with Gasteiger partial charge in [0.15, 0.2) is 11.5 Å². The Morgan fingerprint density at radius 2 is 1.88 bits per heavy atom. The van der Waals surface area contributed by atoms with Crippen molar-refractivity contribution in [2.45, 2.75) is 32.4 Å². The molecule has 1 saturated heterocycles. The highest BCUT2D eigenvalue weighted by Gasteiger charge is 2.28. The van der Waals surface area contributed by atoms with Gasteiger partial charge in [-0.3, -0.25) is 4.90 Å². The highest BCUT2D eigenvalue weighted by molar-refractivity contribution is 5.84. The summed E-state index contributed by atoms with van der Waals surface area (Å²) in [6.45, 7) is 4.06. The molecule has 0 spiro atoms. The quantitative estimate of drug-likeness (QED) is 0.411. The van der Waals surface area contributed by atoms with Gasteiger partial charge in [0.25, 0.3) is 0 Å². The minimum atomic E-state index is 0.311. The SMILES string of the molecule is Cc1nn(-c2ccccn2)c2nc(C3CCCN3Cc3cn(C)c4ccccc34)ccc12. The Kier molecular flexibility index (Phi) is 4.54. The predicted molar refractivity (Wildman–Crippen MR) is 127 cm³/mol. The summed E-state index contributed by atoms with van der Waals surface area (Å²) < 4.78 is 4.10. The fourth-order valence-corrected chi connectivity index (χ4v) is 5.10. The number of fused-ring (bicyclic) bond motifs is 2. The minimum Gasteiger partial charge on any atom is -0.350 e. The Hall–Kier alpha value is -3.51. The van der Waals surface area contributed by atoms with Crippen molar-refractivity contribution in [1.82, 2.24) is 29.2 Å². The third kappa shape index (κ3) is 3.10. The van der Waals surface area contributed by atoms with Gasteiger partial charge < -0.3 is 4.57 Å². The van der Waals surface area contributed by atoms with Gasteiger partial charge >= 0.3 is 0 Å². The van der Waals surface area contributed by atoms with Gasteiger partial charge in [0, 0.05) is 42.3 Å². The second kappa shape index (κ2) is 7.57. The number of pyridine rings is 2. The maximum Gasteiger partial charge on any atom is 0.165 e. The molecule has 0 N–H and O–H groups in total. The van der Waals surface area contributed by atoms with Gasteiger partial charge in [0.2, 0.25) is 0 Å². The molecule has 1 aliphatic rings. The van der Waals surface area contributed by atoms with E-state index in [4.69, 9.17) is 10.1 Å². The van der Waals surface area contributed by atoms with Crippen LogP contribution in [0.5, 0.6) is 0 Å². The Bertz CT molecular complexity index is 1410. The normalized spacial score (nSPS) is 17.0. The van der Waals surface area contributed by atoms with E-state index in [1.54, 1.807) is 6.20 Å². The summed E-state index contributed by atoms with van der Waals surface area (Å²) in [5, 5.41) is 7.15. The lowest BCUT2D eigenvalue weighted by Gasteiger charge is -2.24. The van der Waals surface area contributed by atoms with E-state index in [9.17, 15) is 0 Å². The maximum absolute atomic E-state index is 5.13. The zero-order chi connectivity index (χ0) is 21.7. The second-order valence-electron chi connectivity index (χ2n) is 8.70. The van der Waals surface area contributed by atoms with Gasteiger partial charge in [-0.1, -0.05) is 24.3 Å². The van der Waals surface area contributed by atoms with Crippen LogP contribution in [0.4, 0.5) is 0 Å². The van der Waals surface area contributed by atoms with E-state index in [0.717, 1.165) is 47.7 Å². The Morgan fingerprint density at radius 3 is 2.75 bits per heavy atom. The molecule has 1 atom stereocenters. The molecular weight excluding hydrogens is 396 g/mol. The number of aromatic nitrogens is 5. The van der Waals surface area contributed by atoms with Crippen LogP contribution >= 0.6 is 0 Å². The molecule has 6 heteroatoms. The van der Waals surface area contributed by atoms with E-state index in [0.29, 0.717) is 6.04 Å². The van der Waals surface area contributed by atoms with Crippen LogP contribution in [0.25, 0.3) is 27.8 Å². The third-order valence-corrected chi connectivity index (χ3v) is 6.66. The van der Waals surface area contributed by atoms with Crippen molar-refractivity contribution in [1.29, 1.82) is 0 Å². The molecule has 5 heterocycles. The van der Waals surface area contributed by atoms with Gasteiger partial charge in [-0.15, -0.1) is 0 Å². The number of nitrogens with zero attached hydrogens (tertiary/aromatic N) is 6. The molecule has 0 saturated carbocycles. The molecule has 0 aliphatic carbocycles. The molecule has 1 aliphatic heterocycles. The van der Waals surface area contributed by atoms with Crippen LogP contribution in [0.1, 0.15) is 35.8 Å². The van der Waals surface area contributed by atoms with Crippen molar-refractivity contribution in [3.63, 3.8) is 0 Å². The molecule has 4 aromatic heterocycles. The standard InChI is InChI=1S/C26H26N6/c1-18-20-12-13-22(28-26(20)32(29-18)25-11-5-6-14-27-25)24-10-7-15-31(24)17-19-16-30(2)23-9-4-3-8-21(19)23/h3-6,8-9,11-14,16,24H,7,10,15,17H2,1-2H3. The van der Waals surface area contributed by atoms with Crippen molar-refractivity contribution in [2.24, 2.45) is 7.05 Å². The van der Waals surface area contributed by atoms with Gasteiger partial charge in [0.1, 0.15) is 0 Å². The molecule has 160 valence electrons. The highest BCUT2D eigenvalue weighted by atomic mass is 15.3. The summed E-state index contributed by atoms with van der Waals surface area (Å²) in [6.07, 6.45) is 6.38. The molecule has 5 aromatic rings. The molecular formula is C26H26N6. The average molecular weight is 423 g/mol. The maximum atomic E-state index is 5.13. The zero-order valence-electron chi connectivity index (χ0n) is 18.4. The van der Waals surface area contributed by atoms with E-state index in [-0.39, 0.29) is 0 Å². The number of likely N-dealkylation sites (tertiary alicyclic amines) is 1. The number of hydrogen-bond acceptors (Lipinski definition) is 4. The fraction of sp³-hybridized carbons (Fsp3) is 0.269. The van der Waals surface area contributed by atoms with Gasteiger partial charge in [-0.2, -0.15) is 9.78 Å². The van der Waals surface area contributed by atoms with E-state index in [2.05, 4.69) is 64.1 Å². The van der Waals surface area contributed by atoms with E-state index >= 15 is 0 Å². The first kappa shape index (κ1) is 19.2. The van der Waals surface area contributed by atoms with E-state index in [1.807, 2.05) is 29.8 Å². The van der Waals surface area contributed by atoms with Gasteiger partial charge in [-0.25, -0.2) is 9.97 Å². The summed E-state index contributed by atoms with van der Waals surface area (Å²) in [7, 11) is 2.13. The molecule has 32 heavy (non-hydrogen) atoms. The Morgan fingerprint density at radius 1 is 1.00 bits per heavy atom. The highest BCUT2D eigenvalue weighted by Crippen LogP contribution is 2.35. The summed E-state index contributed by atoms with van der Waals surface area (Å²) in [6, 6.07) is 19.2. The van der Waals surface area contributed by atoms with Crippen molar-refractivity contribution in [3.05, 3.63) is 83.9 Å². The van der Waals surface area contributed by atoms with Crippen molar-refractivity contribution in [2.75, 3.05) is 6.54 Å². The van der Waals surface area contributed by atoms with Crippen LogP contribution in [0.15, 0.2) is 67.0 Å². The number of benzene rings is 1. The zero-order valence-corrected chi connectivity index (χ0v) is 18.4. The lowest BCUT2D eigenvalue weighted by Crippen LogP contribution is -2.23. The van der Waals surface area contributed by atoms with Crippen LogP contribution in [0.3, 0.4) is 0 Å². The summed E-state index contributed by atoms with van der Waals surface area (Å²) >= 11 is 0. The van der Waals surface area contributed by atoms with Crippen molar-refractivity contribution < 1.29 is 0 Å². The van der Waals surface area contributed by atoms with Gasteiger partial charge in [0.05, 0.1) is 17.4 Å². The third-order valence-electron chi connectivity index (χ3n) is 6.66. The first-order valence-corrected chi connectivity index (χ1v) is 11.2. The van der Waals surface area contributed by atoms with Crippen LogP contribution in [-0.2, 0) is 13.6 Å². The first-order valence-electron chi connectivity index (χ1n) is 11.2. The first-order chi connectivity index (χ1) is 15.7. The molecule has 6 rings (SSSR count). The second-order valence-corrected chi connectivity index (χ2v) is 8.70. The monoisotopic (exact) mass is 422 g/mol. The van der Waals surface area contributed by atoms with Gasteiger partial charge in [-0.05, 0) is 62.2 Å². The number of rotatable bonds is 4. The number of para-hydroxylation sites is 1. The lowest BCUT2D eigenvalue weighted by atomic mass is 10.1. The molecule has 0 radical (unpaired) electrons. The van der Waals surface area contributed by atoms with Crippen LogP contribution in [0, 0.1) is 6.92 Å². The van der Waals surface area contributed by atoms with Crippen LogP contribution in [0.2, 0.25) is 0 Å². The van der Waals surface area contributed by atoms with E-state index < -0.39 is 0 Å². The number of hydrogen-bond donors (Lipinski definition) is 0. The van der Waals surface area contributed by atoms with Crippen LogP contribution in [-0.4, -0.2) is 35.8 Å². The topological polar surface area (TPSA) is 51.8 Å². The largest absolute Gasteiger partial charge is 0.350 e. The smallest absolute Gasteiger partial charge is 0.165 e. The fourth-order valence-electron chi connectivity index (χ4n) is 5.10. The summed E-state index contributed by atoms with van der Waals surface area (Å²) in [5.74, 6) is 0.800. The molecule has 1 unspecified atom stereocenters. The predicted octanol–water partition coefficient (Wildman–Crippen LogP) is 4.95. The molecule has 0 amide bonds. The number of aryl methyl sites for hydroxylation is 2. The molecule has 6 nitrogen and oxygen atoms in total. The Labute approximate surface area is 187 Å². The Balaban J connectivity index is 1.37. The summed E-state index contributed by atoms with van der Waals surface area (Å²) in [5.41, 5.74) is 5.64. The lowest BCUT2D eigenvalue weighted by molar-refractivity contribution is 0.245. The van der Waals surface area contributed by atoms with Crippen LogP contribution < -0.4 is 0 Å². The van der Waals surface area contributed by atoms with Crippen molar-refractivity contribution in [3.8, 4) is 5.82 Å². The minimum absolute atomic E-state index is 0.311.